The zero-order valence-corrected chi connectivity index (χ0v) is 14.8. The zero-order chi connectivity index (χ0) is 17.3. The summed E-state index contributed by atoms with van der Waals surface area (Å²) in [6.45, 7) is 5.46. The highest BCUT2D eigenvalue weighted by Gasteiger charge is 2.33. The molecule has 128 valence electrons. The average molecular weight is 347 g/mol. The van der Waals surface area contributed by atoms with E-state index in [1.807, 2.05) is 36.1 Å². The van der Waals surface area contributed by atoms with Crippen molar-refractivity contribution < 1.29 is 4.79 Å². The highest BCUT2D eigenvalue weighted by molar-refractivity contribution is 6.30. The Hall–Kier alpha value is -1.85. The Bertz CT molecular complexity index is 742. The van der Waals surface area contributed by atoms with E-state index in [4.69, 9.17) is 17.3 Å². The lowest BCUT2D eigenvalue weighted by molar-refractivity contribution is 0.0742. The molecular weight excluding hydrogens is 324 g/mol. The Morgan fingerprint density at radius 2 is 2.25 bits per heavy atom. The van der Waals surface area contributed by atoms with Gasteiger partial charge in [0.1, 0.15) is 0 Å². The van der Waals surface area contributed by atoms with E-state index in [9.17, 15) is 4.79 Å². The Morgan fingerprint density at radius 1 is 1.46 bits per heavy atom. The average Bonchev–Trinajstić information content (AvgIpc) is 3.17. The van der Waals surface area contributed by atoms with Crippen LogP contribution in [0.15, 0.2) is 30.5 Å². The van der Waals surface area contributed by atoms with E-state index in [0.29, 0.717) is 23.0 Å². The van der Waals surface area contributed by atoms with Crippen molar-refractivity contribution in [2.24, 2.45) is 11.7 Å². The molecule has 1 aromatic heterocycles. The van der Waals surface area contributed by atoms with Crippen molar-refractivity contribution in [3.05, 3.63) is 46.7 Å². The predicted molar refractivity (Wildman–Crippen MR) is 95.6 cm³/mol. The number of carbonyl (C=O) groups excluding carboxylic acids is 1. The lowest BCUT2D eigenvalue weighted by atomic mass is 10.1. The lowest BCUT2D eigenvalue weighted by Gasteiger charge is -2.21. The first-order chi connectivity index (χ1) is 11.5. The largest absolute Gasteiger partial charge is 0.335 e. The van der Waals surface area contributed by atoms with Crippen molar-refractivity contribution in [2.75, 3.05) is 13.1 Å². The molecule has 0 spiro atoms. The standard InChI is InChI=1S/C18H23ClN4O/c1-3-17-16(18(24)22-11-13(9-20)7-12(22)2)10-21-23(17)15-6-4-5-14(19)8-15/h4-6,8,10,12-13H,3,7,9,11,20H2,1-2H3. The summed E-state index contributed by atoms with van der Waals surface area (Å²) in [7, 11) is 0. The Kier molecular flexibility index (Phi) is 4.92. The van der Waals surface area contributed by atoms with Gasteiger partial charge in [-0.3, -0.25) is 4.79 Å². The van der Waals surface area contributed by atoms with E-state index in [2.05, 4.69) is 12.0 Å². The Morgan fingerprint density at radius 3 is 2.88 bits per heavy atom. The van der Waals surface area contributed by atoms with Crippen molar-refractivity contribution in [1.82, 2.24) is 14.7 Å². The van der Waals surface area contributed by atoms with Crippen LogP contribution in [-0.2, 0) is 6.42 Å². The fraction of sp³-hybridized carbons (Fsp3) is 0.444. The summed E-state index contributed by atoms with van der Waals surface area (Å²) in [6, 6.07) is 7.71. The first kappa shape index (κ1) is 17.0. The number of hydrogen-bond donors (Lipinski definition) is 1. The number of benzene rings is 1. The van der Waals surface area contributed by atoms with Crippen LogP contribution in [0, 0.1) is 5.92 Å². The topological polar surface area (TPSA) is 64.2 Å². The van der Waals surface area contributed by atoms with E-state index in [1.165, 1.54) is 0 Å². The van der Waals surface area contributed by atoms with Crippen LogP contribution >= 0.6 is 11.6 Å². The molecular formula is C18H23ClN4O. The fourth-order valence-electron chi connectivity index (χ4n) is 3.47. The molecule has 2 N–H and O–H groups in total. The molecule has 2 atom stereocenters. The van der Waals surface area contributed by atoms with E-state index >= 15 is 0 Å². The fourth-order valence-corrected chi connectivity index (χ4v) is 3.66. The number of rotatable bonds is 4. The highest BCUT2D eigenvalue weighted by Crippen LogP contribution is 2.26. The monoisotopic (exact) mass is 346 g/mol. The Labute approximate surface area is 147 Å². The van der Waals surface area contributed by atoms with E-state index in [1.54, 1.807) is 10.9 Å². The maximum absolute atomic E-state index is 13.0. The molecule has 3 rings (SSSR count). The van der Waals surface area contributed by atoms with Gasteiger partial charge in [-0.15, -0.1) is 0 Å². The molecule has 0 saturated carbocycles. The van der Waals surface area contributed by atoms with Crippen LogP contribution in [0.25, 0.3) is 5.69 Å². The summed E-state index contributed by atoms with van der Waals surface area (Å²) in [6.07, 6.45) is 3.35. The molecule has 1 aromatic carbocycles. The maximum atomic E-state index is 13.0. The summed E-state index contributed by atoms with van der Waals surface area (Å²) in [5.41, 5.74) is 8.23. The summed E-state index contributed by atoms with van der Waals surface area (Å²) < 4.78 is 1.81. The van der Waals surface area contributed by atoms with Crippen molar-refractivity contribution >= 4 is 17.5 Å². The maximum Gasteiger partial charge on any atom is 0.257 e. The van der Waals surface area contributed by atoms with Crippen LogP contribution in [0.4, 0.5) is 0 Å². The molecule has 1 fully saturated rings. The Balaban J connectivity index is 1.93. The number of carbonyl (C=O) groups is 1. The summed E-state index contributed by atoms with van der Waals surface area (Å²) >= 11 is 6.09. The van der Waals surface area contributed by atoms with Gasteiger partial charge in [0.15, 0.2) is 0 Å². The third-order valence-electron chi connectivity index (χ3n) is 4.74. The normalized spacial score (nSPS) is 20.6. The van der Waals surface area contributed by atoms with Crippen molar-refractivity contribution in [2.45, 2.75) is 32.7 Å². The number of hydrogen-bond acceptors (Lipinski definition) is 3. The zero-order valence-electron chi connectivity index (χ0n) is 14.1. The van der Waals surface area contributed by atoms with Gasteiger partial charge in [-0.05, 0) is 50.4 Å². The minimum Gasteiger partial charge on any atom is -0.335 e. The SMILES string of the molecule is CCc1c(C(=O)N2CC(CN)CC2C)cnn1-c1cccc(Cl)c1. The third kappa shape index (κ3) is 3.06. The summed E-state index contributed by atoms with van der Waals surface area (Å²) in [4.78, 5) is 14.9. The van der Waals surface area contributed by atoms with Crippen LogP contribution in [-0.4, -0.2) is 39.7 Å². The van der Waals surface area contributed by atoms with Crippen LogP contribution in [0.3, 0.4) is 0 Å². The lowest BCUT2D eigenvalue weighted by Crippen LogP contribution is -2.34. The molecule has 0 bridgehead atoms. The van der Waals surface area contributed by atoms with E-state index in [0.717, 1.165) is 30.8 Å². The van der Waals surface area contributed by atoms with Crippen LogP contribution in [0.2, 0.25) is 5.02 Å². The van der Waals surface area contributed by atoms with Crippen LogP contribution in [0.5, 0.6) is 0 Å². The number of halogens is 1. The van der Waals surface area contributed by atoms with Gasteiger partial charge in [0.25, 0.3) is 5.91 Å². The van der Waals surface area contributed by atoms with Gasteiger partial charge >= 0.3 is 0 Å². The molecule has 0 aliphatic carbocycles. The number of nitrogens with zero attached hydrogens (tertiary/aromatic N) is 3. The van der Waals surface area contributed by atoms with Gasteiger partial charge in [0, 0.05) is 17.6 Å². The number of aromatic nitrogens is 2. The second-order valence-electron chi connectivity index (χ2n) is 6.39. The number of amides is 1. The third-order valence-corrected chi connectivity index (χ3v) is 4.98. The smallest absolute Gasteiger partial charge is 0.257 e. The summed E-state index contributed by atoms with van der Waals surface area (Å²) in [5.74, 6) is 0.431. The molecule has 0 radical (unpaired) electrons. The molecule has 6 heteroatoms. The highest BCUT2D eigenvalue weighted by atomic mass is 35.5. The van der Waals surface area contributed by atoms with Crippen molar-refractivity contribution in [3.63, 3.8) is 0 Å². The van der Waals surface area contributed by atoms with Gasteiger partial charge in [0.2, 0.25) is 0 Å². The van der Waals surface area contributed by atoms with E-state index in [-0.39, 0.29) is 11.9 Å². The van der Waals surface area contributed by atoms with Crippen molar-refractivity contribution in [3.8, 4) is 5.69 Å². The van der Waals surface area contributed by atoms with Crippen molar-refractivity contribution in [1.29, 1.82) is 0 Å². The van der Waals surface area contributed by atoms with Gasteiger partial charge in [-0.2, -0.15) is 5.10 Å². The molecule has 2 heterocycles. The van der Waals surface area contributed by atoms with Gasteiger partial charge in [-0.25, -0.2) is 4.68 Å². The van der Waals surface area contributed by atoms with Gasteiger partial charge in [-0.1, -0.05) is 24.6 Å². The molecule has 1 aliphatic rings. The van der Waals surface area contributed by atoms with E-state index < -0.39 is 0 Å². The number of likely N-dealkylation sites (tertiary alicyclic amines) is 1. The second-order valence-corrected chi connectivity index (χ2v) is 6.83. The quantitative estimate of drug-likeness (QED) is 0.925. The first-order valence-electron chi connectivity index (χ1n) is 8.39. The van der Waals surface area contributed by atoms with Crippen LogP contribution in [0.1, 0.15) is 36.3 Å². The van der Waals surface area contributed by atoms with Gasteiger partial charge in [0.05, 0.1) is 23.1 Å². The summed E-state index contributed by atoms with van der Waals surface area (Å²) in [5, 5.41) is 5.09. The molecule has 2 unspecified atom stereocenters. The molecule has 2 aromatic rings. The predicted octanol–water partition coefficient (Wildman–Crippen LogP) is 2.90. The molecule has 24 heavy (non-hydrogen) atoms. The minimum atomic E-state index is 0.0450. The van der Waals surface area contributed by atoms with Gasteiger partial charge < -0.3 is 10.6 Å². The van der Waals surface area contributed by atoms with Crippen LogP contribution < -0.4 is 5.73 Å². The second kappa shape index (κ2) is 6.95. The first-order valence-corrected chi connectivity index (χ1v) is 8.76. The molecule has 1 saturated heterocycles. The minimum absolute atomic E-state index is 0.0450. The molecule has 5 nitrogen and oxygen atoms in total. The molecule has 1 aliphatic heterocycles. The number of nitrogens with two attached hydrogens (primary N) is 1. The molecule has 1 amide bonds.